The Labute approximate surface area is 151 Å². The number of aliphatic hydroxyl groups is 1. The molecule has 132 valence electrons. The predicted octanol–water partition coefficient (Wildman–Crippen LogP) is 2.23. The van der Waals surface area contributed by atoms with Crippen molar-refractivity contribution in [2.24, 2.45) is 17.7 Å². The van der Waals surface area contributed by atoms with Gasteiger partial charge in [-0.2, -0.15) is 0 Å². The number of amides is 1. The highest BCUT2D eigenvalue weighted by Gasteiger charge is 2.31. The Bertz CT molecular complexity index is 728. The summed E-state index contributed by atoms with van der Waals surface area (Å²) < 4.78 is 45.9. The van der Waals surface area contributed by atoms with Crippen LogP contribution >= 0.6 is 0 Å². The Morgan fingerprint density at radius 2 is 2.00 bits per heavy atom. The summed E-state index contributed by atoms with van der Waals surface area (Å²) in [5, 5.41) is 21.7. The lowest BCUT2D eigenvalue weighted by Crippen LogP contribution is -2.45. The summed E-state index contributed by atoms with van der Waals surface area (Å²) >= 11 is 0. The predicted molar refractivity (Wildman–Crippen MR) is 91.4 cm³/mol. The number of hydrogen-bond donors (Lipinski definition) is 3. The molecule has 1 aliphatic carbocycles. The maximum atomic E-state index is 12.6. The molecule has 24 heavy (non-hydrogen) atoms. The Morgan fingerprint density at radius 3 is 2.54 bits per heavy atom. The molecule has 3 N–H and O–H groups in total. The number of hydrogen-bond acceptors (Lipinski definition) is 3. The molecule has 1 fully saturated rings. The Hall–Kier alpha value is -1.88. The molecule has 1 aromatic rings. The van der Waals surface area contributed by atoms with E-state index in [0.717, 1.165) is 5.56 Å². The number of rotatable bonds is 7. The molecule has 0 bridgehead atoms. The summed E-state index contributed by atoms with van der Waals surface area (Å²) in [5.74, 6) is -5.87. The van der Waals surface area contributed by atoms with E-state index in [9.17, 15) is 19.8 Å². The highest BCUT2D eigenvalue weighted by molar-refractivity contribution is 5.85. The lowest BCUT2D eigenvalue weighted by molar-refractivity contribution is -0.142. The largest absolute Gasteiger partial charge is 0.480 e. The Kier molecular flexibility index (Phi) is 4.28. The maximum Gasteiger partial charge on any atom is 0.326 e. The first-order valence-corrected chi connectivity index (χ1v) is 8.07. The van der Waals surface area contributed by atoms with Gasteiger partial charge in [-0.1, -0.05) is 37.2 Å². The third-order valence-corrected chi connectivity index (χ3v) is 4.52. The van der Waals surface area contributed by atoms with E-state index >= 15 is 0 Å². The van der Waals surface area contributed by atoms with Crippen LogP contribution in [0, 0.1) is 17.7 Å². The molecule has 0 heterocycles. The topological polar surface area (TPSA) is 86.6 Å². The standard InChI is InChI=1S/C19H27NO4/c1-13(12-21)15-7-9-16(10-8-15)18(22)20-17(19(23)24)11-14-5-3-2-4-6-14/h2-6,13,15-17,21H,7-12H2,1H3,(H,20,22)(H,23,24)/t13?,15?,16?,17-/m1/s1/i1D3,12D2,13D. The Balaban J connectivity index is 2.03. The van der Waals surface area contributed by atoms with E-state index in [1.807, 2.05) is 0 Å². The number of carbonyl (C=O) groups excluding carboxylic acids is 1. The first-order valence-electron chi connectivity index (χ1n) is 11.1. The van der Waals surface area contributed by atoms with E-state index in [1.54, 1.807) is 30.3 Å². The summed E-state index contributed by atoms with van der Waals surface area (Å²) in [5.41, 5.74) is 0.760. The van der Waals surface area contributed by atoms with Gasteiger partial charge in [0.2, 0.25) is 5.91 Å². The molecule has 1 saturated carbocycles. The molecular formula is C19H27NO4. The Morgan fingerprint density at radius 1 is 1.33 bits per heavy atom. The second-order valence-corrected chi connectivity index (χ2v) is 6.16. The number of carboxylic acids is 1. The third-order valence-electron chi connectivity index (χ3n) is 4.52. The van der Waals surface area contributed by atoms with Crippen LogP contribution in [0.2, 0.25) is 0 Å². The van der Waals surface area contributed by atoms with Crippen LogP contribution in [0.15, 0.2) is 30.3 Å². The van der Waals surface area contributed by atoms with Crippen LogP contribution in [-0.2, 0) is 16.0 Å². The summed E-state index contributed by atoms with van der Waals surface area (Å²) in [7, 11) is 0. The van der Waals surface area contributed by atoms with Gasteiger partial charge < -0.3 is 15.5 Å². The molecule has 0 aliphatic heterocycles. The van der Waals surface area contributed by atoms with E-state index in [-0.39, 0.29) is 32.1 Å². The second kappa shape index (κ2) is 8.83. The van der Waals surface area contributed by atoms with Crippen LogP contribution in [0.3, 0.4) is 0 Å². The SMILES string of the molecule is [2H]C([2H])([2H])C([2H])(C1CCC(C(=O)N[C@H](Cc2ccccc2)C(=O)O)CC1)C([2H])([2H])O. The number of aliphatic carboxylic acids is 1. The summed E-state index contributed by atoms with van der Waals surface area (Å²) in [6.07, 6.45) is 0.617. The first-order chi connectivity index (χ1) is 13.8. The summed E-state index contributed by atoms with van der Waals surface area (Å²) in [4.78, 5) is 24.2. The molecule has 1 aliphatic rings. The second-order valence-electron chi connectivity index (χ2n) is 6.16. The van der Waals surface area contributed by atoms with E-state index in [0.29, 0.717) is 0 Å². The van der Waals surface area contributed by atoms with Gasteiger partial charge in [0.25, 0.3) is 0 Å². The molecule has 0 saturated heterocycles. The number of carboxylic acid groups (broad SMARTS) is 1. The van der Waals surface area contributed by atoms with Crippen molar-refractivity contribution in [2.45, 2.75) is 45.0 Å². The zero-order valence-electron chi connectivity index (χ0n) is 19.4. The minimum atomic E-state index is -3.23. The lowest BCUT2D eigenvalue weighted by atomic mass is 9.76. The minimum Gasteiger partial charge on any atom is -0.480 e. The van der Waals surface area contributed by atoms with E-state index in [4.69, 9.17) is 8.22 Å². The monoisotopic (exact) mass is 339 g/mol. The lowest BCUT2D eigenvalue weighted by Gasteiger charge is -2.31. The molecule has 0 spiro atoms. The van der Waals surface area contributed by atoms with E-state index in [1.165, 1.54) is 0 Å². The van der Waals surface area contributed by atoms with Crippen molar-refractivity contribution in [3.8, 4) is 0 Å². The number of nitrogens with one attached hydrogen (secondary N) is 1. The smallest absolute Gasteiger partial charge is 0.326 e. The fourth-order valence-electron chi connectivity index (χ4n) is 3.08. The van der Waals surface area contributed by atoms with E-state index in [2.05, 4.69) is 5.32 Å². The average molecular weight is 339 g/mol. The van der Waals surface area contributed by atoms with Gasteiger partial charge >= 0.3 is 5.97 Å². The zero-order valence-corrected chi connectivity index (χ0v) is 13.4. The fourth-order valence-corrected chi connectivity index (χ4v) is 3.08. The van der Waals surface area contributed by atoms with Crippen molar-refractivity contribution in [1.82, 2.24) is 5.32 Å². The van der Waals surface area contributed by atoms with Gasteiger partial charge in [-0.25, -0.2) is 4.79 Å². The van der Waals surface area contributed by atoms with Gasteiger partial charge in [0, 0.05) is 24.4 Å². The minimum absolute atomic E-state index is 0.0659. The summed E-state index contributed by atoms with van der Waals surface area (Å²) in [6.45, 7) is -6.28. The molecule has 0 radical (unpaired) electrons. The molecule has 2 atom stereocenters. The number of benzene rings is 1. The average Bonchev–Trinajstić information content (AvgIpc) is 2.65. The van der Waals surface area contributed by atoms with Crippen molar-refractivity contribution < 1.29 is 28.0 Å². The van der Waals surface area contributed by atoms with Gasteiger partial charge in [0.15, 0.2) is 0 Å². The molecule has 1 amide bonds. The summed E-state index contributed by atoms with van der Waals surface area (Å²) in [6, 6.07) is 7.76. The van der Waals surface area contributed by atoms with Gasteiger partial charge in [-0.05, 0) is 43.1 Å². The van der Waals surface area contributed by atoms with Crippen LogP contribution in [0.5, 0.6) is 0 Å². The van der Waals surface area contributed by atoms with Crippen molar-refractivity contribution in [3.63, 3.8) is 0 Å². The first kappa shape index (κ1) is 11.6. The maximum absolute atomic E-state index is 12.6. The molecular weight excluding hydrogens is 306 g/mol. The van der Waals surface area contributed by atoms with Crippen LogP contribution in [0.1, 0.15) is 46.3 Å². The van der Waals surface area contributed by atoms with Crippen LogP contribution < -0.4 is 5.32 Å². The zero-order chi connectivity index (χ0) is 22.7. The highest BCUT2D eigenvalue weighted by atomic mass is 16.4. The van der Waals surface area contributed by atoms with Crippen LogP contribution in [0.25, 0.3) is 0 Å². The molecule has 1 unspecified atom stereocenters. The quantitative estimate of drug-likeness (QED) is 0.711. The van der Waals surface area contributed by atoms with Crippen LogP contribution in [0.4, 0.5) is 0 Å². The normalized spacial score (nSPS) is 29.4. The molecule has 5 heteroatoms. The highest BCUT2D eigenvalue weighted by Crippen LogP contribution is 2.33. The van der Waals surface area contributed by atoms with Crippen LogP contribution in [-0.4, -0.2) is 34.7 Å². The van der Waals surface area contributed by atoms with Gasteiger partial charge in [-0.3, -0.25) is 4.79 Å². The van der Waals surface area contributed by atoms with Crippen molar-refractivity contribution >= 4 is 11.9 Å². The molecule has 2 rings (SSSR count). The van der Waals surface area contributed by atoms with Gasteiger partial charge in [-0.15, -0.1) is 0 Å². The van der Waals surface area contributed by atoms with Crippen molar-refractivity contribution in [3.05, 3.63) is 35.9 Å². The van der Waals surface area contributed by atoms with Gasteiger partial charge in [0.05, 0.1) is 2.74 Å². The third kappa shape index (κ3) is 5.06. The fraction of sp³-hybridized carbons (Fsp3) is 0.579. The van der Waals surface area contributed by atoms with Gasteiger partial charge in [0.1, 0.15) is 6.04 Å². The number of carbonyl (C=O) groups is 2. The van der Waals surface area contributed by atoms with Crippen molar-refractivity contribution in [1.29, 1.82) is 0 Å². The molecule has 1 aromatic carbocycles. The molecule has 5 nitrogen and oxygen atoms in total. The molecule has 0 aromatic heterocycles. The van der Waals surface area contributed by atoms with E-state index < -0.39 is 49.1 Å². The van der Waals surface area contributed by atoms with Crippen molar-refractivity contribution in [2.75, 3.05) is 6.56 Å².